The van der Waals surface area contributed by atoms with Crippen molar-refractivity contribution in [3.63, 3.8) is 0 Å². The zero-order chi connectivity index (χ0) is 8.39. The Hall–Kier alpha value is -0.930. The van der Waals surface area contributed by atoms with E-state index < -0.39 is 0 Å². The maximum atomic E-state index is 8.87. The molecule has 0 bridgehead atoms. The van der Waals surface area contributed by atoms with Gasteiger partial charge in [-0.2, -0.15) is 0 Å². The number of benzene rings is 1. The molecule has 1 heterocycles. The molecule has 2 rings (SSSR count). The molecular formula is C9H9NOS. The Kier molecular flexibility index (Phi) is 2.06. The van der Waals surface area contributed by atoms with E-state index in [-0.39, 0.29) is 6.61 Å². The highest BCUT2D eigenvalue weighted by Crippen LogP contribution is 2.26. The molecule has 0 amide bonds. The molecule has 0 radical (unpaired) electrons. The first kappa shape index (κ1) is 7.71. The fourth-order valence-corrected chi connectivity index (χ4v) is 1.86. The first-order valence-electron chi connectivity index (χ1n) is 3.73. The van der Waals surface area contributed by atoms with Crippen LogP contribution in [0.1, 0.15) is 5.56 Å². The largest absolute Gasteiger partial charge is 0.390 e. The molecule has 2 N–H and O–H groups in total. The van der Waals surface area contributed by atoms with E-state index in [0.717, 1.165) is 5.70 Å². The van der Waals surface area contributed by atoms with Gasteiger partial charge >= 0.3 is 0 Å². The summed E-state index contributed by atoms with van der Waals surface area (Å²) in [5.41, 5.74) is 2.03. The van der Waals surface area contributed by atoms with Crippen LogP contribution in [0, 0.1) is 0 Å². The molecule has 0 saturated carbocycles. The summed E-state index contributed by atoms with van der Waals surface area (Å²) in [6.07, 6.45) is 1.96. The van der Waals surface area contributed by atoms with Gasteiger partial charge in [0.25, 0.3) is 0 Å². The lowest BCUT2D eigenvalue weighted by atomic mass is 10.2. The molecule has 0 unspecified atom stereocenters. The van der Waals surface area contributed by atoms with Crippen molar-refractivity contribution in [3.8, 4) is 0 Å². The quantitative estimate of drug-likeness (QED) is 0.643. The lowest BCUT2D eigenvalue weighted by Gasteiger charge is -2.15. The minimum Gasteiger partial charge on any atom is -0.390 e. The van der Waals surface area contributed by atoms with Crippen LogP contribution >= 0.6 is 11.9 Å². The van der Waals surface area contributed by atoms with Gasteiger partial charge in [0.05, 0.1) is 6.61 Å². The highest BCUT2D eigenvalue weighted by atomic mass is 32.2. The summed E-state index contributed by atoms with van der Waals surface area (Å²) >= 11 is 1.54. The van der Waals surface area contributed by atoms with Crippen molar-refractivity contribution < 1.29 is 5.11 Å². The molecule has 0 fully saturated rings. The van der Waals surface area contributed by atoms with Crippen molar-refractivity contribution in [1.82, 2.24) is 4.72 Å². The molecular weight excluding hydrogens is 170 g/mol. The minimum atomic E-state index is 0.0708. The Morgan fingerprint density at radius 2 is 2.17 bits per heavy atom. The molecule has 1 aromatic carbocycles. The number of aliphatic hydroxyl groups is 1. The van der Waals surface area contributed by atoms with Crippen LogP contribution in [-0.4, -0.2) is 11.7 Å². The smallest absolute Gasteiger partial charge is 0.0836 e. The van der Waals surface area contributed by atoms with Gasteiger partial charge in [-0.15, -0.1) is 0 Å². The SMILES string of the molecule is OCC1=Cc2ccccc2SN1. The monoisotopic (exact) mass is 179 g/mol. The van der Waals surface area contributed by atoms with Crippen LogP contribution in [0.2, 0.25) is 0 Å². The maximum Gasteiger partial charge on any atom is 0.0836 e. The Bertz CT molecular complexity index is 322. The predicted octanol–water partition coefficient (Wildman–Crippen LogP) is 1.63. The second kappa shape index (κ2) is 3.21. The summed E-state index contributed by atoms with van der Waals surface area (Å²) in [4.78, 5) is 1.20. The molecule has 1 aliphatic heterocycles. The molecule has 2 nitrogen and oxygen atoms in total. The normalized spacial score (nSPS) is 14.6. The van der Waals surface area contributed by atoms with Gasteiger partial charge in [0.2, 0.25) is 0 Å². The molecule has 0 saturated heterocycles. The molecule has 0 aliphatic carbocycles. The van der Waals surface area contributed by atoms with Gasteiger partial charge in [0.1, 0.15) is 0 Å². The Morgan fingerprint density at radius 3 is 3.00 bits per heavy atom. The second-order valence-corrected chi connectivity index (χ2v) is 3.42. The average molecular weight is 179 g/mol. The van der Waals surface area contributed by atoms with E-state index in [1.807, 2.05) is 24.3 Å². The van der Waals surface area contributed by atoms with Crippen molar-refractivity contribution in [2.24, 2.45) is 0 Å². The summed E-state index contributed by atoms with van der Waals surface area (Å²) in [6, 6.07) is 8.10. The Morgan fingerprint density at radius 1 is 1.33 bits per heavy atom. The van der Waals surface area contributed by atoms with Crippen LogP contribution in [0.25, 0.3) is 6.08 Å². The number of nitrogens with one attached hydrogen (secondary N) is 1. The van der Waals surface area contributed by atoms with Gasteiger partial charge in [0, 0.05) is 10.6 Å². The molecule has 12 heavy (non-hydrogen) atoms. The minimum absolute atomic E-state index is 0.0708. The van der Waals surface area contributed by atoms with Crippen molar-refractivity contribution in [2.75, 3.05) is 6.61 Å². The van der Waals surface area contributed by atoms with Crippen LogP contribution in [-0.2, 0) is 0 Å². The first-order chi connectivity index (χ1) is 5.90. The lowest BCUT2D eigenvalue weighted by Crippen LogP contribution is -2.10. The third-order valence-electron chi connectivity index (χ3n) is 1.71. The van der Waals surface area contributed by atoms with Gasteiger partial charge in [0.15, 0.2) is 0 Å². The predicted molar refractivity (Wildman–Crippen MR) is 50.5 cm³/mol. The fourth-order valence-electron chi connectivity index (χ4n) is 1.11. The summed E-state index contributed by atoms with van der Waals surface area (Å²) < 4.78 is 3.05. The highest BCUT2D eigenvalue weighted by Gasteiger charge is 2.07. The zero-order valence-electron chi connectivity index (χ0n) is 6.45. The van der Waals surface area contributed by atoms with Crippen molar-refractivity contribution >= 4 is 18.0 Å². The number of fused-ring (bicyclic) bond motifs is 1. The summed E-state index contributed by atoms with van der Waals surface area (Å²) in [5.74, 6) is 0. The van der Waals surface area contributed by atoms with Gasteiger partial charge < -0.3 is 9.83 Å². The van der Waals surface area contributed by atoms with Gasteiger partial charge in [-0.05, 0) is 29.7 Å². The Balaban J connectivity index is 2.41. The molecule has 0 aromatic heterocycles. The van der Waals surface area contributed by atoms with Crippen LogP contribution < -0.4 is 4.72 Å². The Labute approximate surface area is 75.4 Å². The molecule has 0 spiro atoms. The van der Waals surface area contributed by atoms with E-state index in [0.29, 0.717) is 0 Å². The van der Waals surface area contributed by atoms with E-state index in [9.17, 15) is 0 Å². The maximum absolute atomic E-state index is 8.87. The first-order valence-corrected chi connectivity index (χ1v) is 4.55. The number of rotatable bonds is 1. The average Bonchev–Trinajstić information content (AvgIpc) is 2.17. The third kappa shape index (κ3) is 1.33. The number of aliphatic hydroxyl groups excluding tert-OH is 1. The fraction of sp³-hybridized carbons (Fsp3) is 0.111. The second-order valence-electron chi connectivity index (χ2n) is 2.57. The zero-order valence-corrected chi connectivity index (χ0v) is 7.27. The molecule has 1 aromatic rings. The van der Waals surface area contributed by atoms with Gasteiger partial charge in [-0.1, -0.05) is 18.2 Å². The van der Waals surface area contributed by atoms with E-state index in [1.54, 1.807) is 11.9 Å². The van der Waals surface area contributed by atoms with Crippen molar-refractivity contribution in [2.45, 2.75) is 4.90 Å². The van der Waals surface area contributed by atoms with Crippen LogP contribution in [0.4, 0.5) is 0 Å². The number of hydrogen-bond donors (Lipinski definition) is 2. The van der Waals surface area contributed by atoms with Crippen LogP contribution in [0.3, 0.4) is 0 Å². The third-order valence-corrected chi connectivity index (χ3v) is 2.67. The summed E-state index contributed by atoms with van der Waals surface area (Å²) in [7, 11) is 0. The van der Waals surface area contributed by atoms with Crippen LogP contribution in [0.5, 0.6) is 0 Å². The molecule has 0 atom stereocenters. The summed E-state index contributed by atoms with van der Waals surface area (Å²) in [6.45, 7) is 0.0708. The van der Waals surface area contributed by atoms with Crippen molar-refractivity contribution in [1.29, 1.82) is 0 Å². The summed E-state index contributed by atoms with van der Waals surface area (Å²) in [5, 5.41) is 8.87. The molecule has 1 aliphatic rings. The van der Waals surface area contributed by atoms with E-state index in [4.69, 9.17) is 5.11 Å². The highest BCUT2D eigenvalue weighted by molar-refractivity contribution is 7.97. The lowest BCUT2D eigenvalue weighted by molar-refractivity contribution is 0.328. The molecule has 3 heteroatoms. The van der Waals surface area contributed by atoms with E-state index >= 15 is 0 Å². The standard InChI is InChI=1S/C9H9NOS/c11-6-8-5-7-3-1-2-4-9(7)12-10-8/h1-5,10-11H,6H2. The van der Waals surface area contributed by atoms with E-state index in [1.165, 1.54) is 10.5 Å². The van der Waals surface area contributed by atoms with Crippen molar-refractivity contribution in [3.05, 3.63) is 35.5 Å². The molecule has 62 valence electrons. The van der Waals surface area contributed by atoms with E-state index in [2.05, 4.69) is 10.8 Å². The van der Waals surface area contributed by atoms with Crippen LogP contribution in [0.15, 0.2) is 34.9 Å². The van der Waals surface area contributed by atoms with Gasteiger partial charge in [-0.3, -0.25) is 0 Å². The number of hydrogen-bond acceptors (Lipinski definition) is 3. The van der Waals surface area contributed by atoms with Gasteiger partial charge in [-0.25, -0.2) is 0 Å². The topological polar surface area (TPSA) is 32.3 Å².